The van der Waals surface area contributed by atoms with Crippen LogP contribution in [0.15, 0.2) is 52.3 Å². The van der Waals surface area contributed by atoms with Crippen LogP contribution in [0, 0.1) is 11.6 Å². The van der Waals surface area contributed by atoms with Crippen molar-refractivity contribution in [3.63, 3.8) is 0 Å². The molecule has 132 valence electrons. The van der Waals surface area contributed by atoms with Gasteiger partial charge in [0.15, 0.2) is 5.78 Å². The second kappa shape index (κ2) is 9.58. The first kappa shape index (κ1) is 19.5. The number of thioether (sulfide) groups is 2. The minimum absolute atomic E-state index is 0.0546. The van der Waals surface area contributed by atoms with Gasteiger partial charge in [0, 0.05) is 28.4 Å². The maximum Gasteiger partial charge on any atom is 0.304 e. The molecule has 1 N–H and O–H groups in total. The van der Waals surface area contributed by atoms with Crippen molar-refractivity contribution >= 4 is 35.3 Å². The van der Waals surface area contributed by atoms with Crippen LogP contribution in [-0.2, 0) is 4.79 Å². The average molecular weight is 382 g/mol. The molecule has 2 aromatic rings. The van der Waals surface area contributed by atoms with E-state index in [1.165, 1.54) is 35.7 Å². The molecule has 0 amide bonds. The summed E-state index contributed by atoms with van der Waals surface area (Å²) in [5.74, 6) is -0.265. The molecule has 0 radical (unpaired) electrons. The summed E-state index contributed by atoms with van der Waals surface area (Å²) in [5.41, 5.74) is 0.547. The van der Waals surface area contributed by atoms with Crippen LogP contribution in [0.4, 0.5) is 8.78 Å². The lowest BCUT2D eigenvalue weighted by Crippen LogP contribution is -2.09. The van der Waals surface area contributed by atoms with Crippen molar-refractivity contribution in [2.45, 2.75) is 22.6 Å². The Labute approximate surface area is 152 Å². The van der Waals surface area contributed by atoms with Crippen molar-refractivity contribution < 1.29 is 23.5 Å². The Bertz CT molecular complexity index is 766. The molecule has 1 heterocycles. The first-order chi connectivity index (χ1) is 12.0. The summed E-state index contributed by atoms with van der Waals surface area (Å²) in [6, 6.07) is 11.0. The molecule has 0 saturated carbocycles. The molecule has 0 fully saturated rings. The largest absolute Gasteiger partial charge is 0.481 e. The molecule has 0 saturated heterocycles. The highest BCUT2D eigenvalue weighted by Crippen LogP contribution is 2.31. The summed E-state index contributed by atoms with van der Waals surface area (Å²) < 4.78 is 26.0. The van der Waals surface area contributed by atoms with Gasteiger partial charge in [-0.05, 0) is 18.2 Å². The Balaban J connectivity index is 0.000000181. The normalized spacial score (nSPS) is 12.8. The van der Waals surface area contributed by atoms with E-state index in [0.717, 1.165) is 0 Å². The Hall–Kier alpha value is -1.86. The Morgan fingerprint density at radius 1 is 1.12 bits per heavy atom. The molecule has 25 heavy (non-hydrogen) atoms. The minimum Gasteiger partial charge on any atom is -0.481 e. The third-order valence-electron chi connectivity index (χ3n) is 3.25. The third-order valence-corrected chi connectivity index (χ3v) is 5.42. The van der Waals surface area contributed by atoms with E-state index in [0.29, 0.717) is 33.3 Å². The molecular formula is C18H16F2O3S2. The highest BCUT2D eigenvalue weighted by molar-refractivity contribution is 7.99. The number of carboxylic acids is 1. The van der Waals surface area contributed by atoms with Gasteiger partial charge in [0.2, 0.25) is 0 Å². The quantitative estimate of drug-likeness (QED) is 0.763. The lowest BCUT2D eigenvalue weighted by atomic mass is 10.1. The number of carboxylic acid groups (broad SMARTS) is 1. The predicted molar refractivity (Wildman–Crippen MR) is 95.4 cm³/mol. The molecule has 0 atom stereocenters. The van der Waals surface area contributed by atoms with Crippen LogP contribution in [0.1, 0.15) is 23.2 Å². The topological polar surface area (TPSA) is 54.4 Å². The minimum atomic E-state index is -0.858. The number of ketones is 1. The highest BCUT2D eigenvalue weighted by Gasteiger charge is 2.19. The number of carbonyl (C=O) groups excluding carboxylic acids is 1. The fourth-order valence-corrected chi connectivity index (χ4v) is 3.98. The number of carbonyl (C=O) groups is 2. The second-order valence-electron chi connectivity index (χ2n) is 5.06. The van der Waals surface area contributed by atoms with Crippen LogP contribution in [0.2, 0.25) is 0 Å². The van der Waals surface area contributed by atoms with Crippen LogP contribution >= 0.6 is 23.5 Å². The van der Waals surface area contributed by atoms with Gasteiger partial charge in [0.1, 0.15) is 11.6 Å². The lowest BCUT2D eigenvalue weighted by molar-refractivity contribution is -0.136. The molecular weight excluding hydrogens is 366 g/mol. The molecule has 3 nitrogen and oxygen atoms in total. The Morgan fingerprint density at radius 2 is 1.84 bits per heavy atom. The lowest BCUT2D eigenvalue weighted by Gasteiger charge is -2.13. The van der Waals surface area contributed by atoms with Gasteiger partial charge in [0.25, 0.3) is 0 Å². The summed E-state index contributed by atoms with van der Waals surface area (Å²) >= 11 is 2.64. The van der Waals surface area contributed by atoms with Gasteiger partial charge < -0.3 is 5.11 Å². The van der Waals surface area contributed by atoms with E-state index >= 15 is 0 Å². The van der Waals surface area contributed by atoms with Gasteiger partial charge >= 0.3 is 5.97 Å². The van der Waals surface area contributed by atoms with Gasteiger partial charge in [0.05, 0.1) is 11.3 Å². The number of benzene rings is 2. The summed E-state index contributed by atoms with van der Waals surface area (Å²) in [7, 11) is 0. The molecule has 1 aliphatic rings. The number of aliphatic carboxylic acids is 1. The third kappa shape index (κ3) is 5.86. The number of hydrogen-bond acceptors (Lipinski definition) is 4. The van der Waals surface area contributed by atoms with Crippen LogP contribution in [0.3, 0.4) is 0 Å². The molecule has 0 spiro atoms. The number of fused-ring (bicyclic) bond motifs is 1. The van der Waals surface area contributed by atoms with Crippen molar-refractivity contribution in [2.75, 3.05) is 11.5 Å². The number of hydrogen-bond donors (Lipinski definition) is 1. The smallest absolute Gasteiger partial charge is 0.304 e. The molecule has 1 aliphatic heterocycles. The summed E-state index contributed by atoms with van der Waals surface area (Å²) in [6.45, 7) is 0. The molecule has 7 heteroatoms. The van der Waals surface area contributed by atoms with Gasteiger partial charge in [-0.1, -0.05) is 24.3 Å². The molecule has 0 unspecified atom stereocenters. The molecule has 0 aliphatic carbocycles. The van der Waals surface area contributed by atoms with Gasteiger partial charge in [-0.15, -0.1) is 23.5 Å². The van der Waals surface area contributed by atoms with Crippen molar-refractivity contribution in [1.29, 1.82) is 0 Å². The van der Waals surface area contributed by atoms with E-state index in [1.54, 1.807) is 30.3 Å². The van der Waals surface area contributed by atoms with Crippen molar-refractivity contribution in [1.82, 2.24) is 0 Å². The summed E-state index contributed by atoms with van der Waals surface area (Å²) in [5, 5.41) is 8.35. The number of rotatable bonds is 4. The SMILES string of the molecule is O=C(O)CCSc1ccccc1F.O=C1CCSc2c(F)cccc21. The standard InChI is InChI=1S/C9H9FO2S.C9H7FOS/c10-7-3-1-2-4-8(7)13-6-5-9(11)12;10-7-3-1-2-6-8(11)4-5-12-9(6)7/h1-4H,5-6H2,(H,11,12);1-3H,4-5H2. The highest BCUT2D eigenvalue weighted by atomic mass is 32.2. The second-order valence-corrected chi connectivity index (χ2v) is 7.30. The fourth-order valence-electron chi connectivity index (χ4n) is 2.07. The van der Waals surface area contributed by atoms with E-state index in [2.05, 4.69) is 0 Å². The molecule has 0 bridgehead atoms. The van der Waals surface area contributed by atoms with Crippen LogP contribution < -0.4 is 0 Å². The Morgan fingerprint density at radius 3 is 2.52 bits per heavy atom. The predicted octanol–water partition coefficient (Wildman–Crippen LogP) is 4.90. The zero-order chi connectivity index (χ0) is 18.2. The maximum absolute atomic E-state index is 13.1. The first-order valence-corrected chi connectivity index (χ1v) is 9.50. The summed E-state index contributed by atoms with van der Waals surface area (Å²) in [4.78, 5) is 22.5. The number of halogens is 2. The first-order valence-electron chi connectivity index (χ1n) is 7.52. The maximum atomic E-state index is 13.1. The number of Topliss-reactive ketones (excluding diaryl/α,β-unsaturated/α-hetero) is 1. The zero-order valence-corrected chi connectivity index (χ0v) is 14.8. The van der Waals surface area contributed by atoms with E-state index < -0.39 is 5.97 Å². The molecule has 3 rings (SSSR count). The van der Waals surface area contributed by atoms with E-state index in [-0.39, 0.29) is 23.8 Å². The van der Waals surface area contributed by atoms with Gasteiger partial charge in [-0.25, -0.2) is 8.78 Å². The van der Waals surface area contributed by atoms with E-state index in [4.69, 9.17) is 5.11 Å². The van der Waals surface area contributed by atoms with Gasteiger partial charge in [-0.3, -0.25) is 9.59 Å². The van der Waals surface area contributed by atoms with Crippen molar-refractivity contribution in [2.24, 2.45) is 0 Å². The van der Waals surface area contributed by atoms with Crippen molar-refractivity contribution in [3.8, 4) is 0 Å². The van der Waals surface area contributed by atoms with Crippen LogP contribution in [-0.4, -0.2) is 28.4 Å². The fraction of sp³-hybridized carbons (Fsp3) is 0.222. The molecule has 2 aromatic carbocycles. The monoisotopic (exact) mass is 382 g/mol. The van der Waals surface area contributed by atoms with E-state index in [9.17, 15) is 18.4 Å². The van der Waals surface area contributed by atoms with Crippen molar-refractivity contribution in [3.05, 3.63) is 59.7 Å². The average Bonchev–Trinajstić information content (AvgIpc) is 2.58. The van der Waals surface area contributed by atoms with Crippen LogP contribution in [0.25, 0.3) is 0 Å². The summed E-state index contributed by atoms with van der Waals surface area (Å²) in [6.07, 6.45) is 0.583. The van der Waals surface area contributed by atoms with Gasteiger partial charge in [-0.2, -0.15) is 0 Å². The van der Waals surface area contributed by atoms with Crippen LogP contribution in [0.5, 0.6) is 0 Å². The zero-order valence-electron chi connectivity index (χ0n) is 13.2. The van der Waals surface area contributed by atoms with E-state index in [1.807, 2.05) is 0 Å². The Kier molecular flexibility index (Phi) is 7.46. The molecule has 0 aromatic heterocycles.